The van der Waals surface area contributed by atoms with Gasteiger partial charge in [0.15, 0.2) is 18.1 Å². The Labute approximate surface area is 148 Å². The van der Waals surface area contributed by atoms with Gasteiger partial charge in [0.25, 0.3) is 11.8 Å². The molecule has 2 aromatic rings. The number of para-hydroxylation sites is 2. The fraction of sp³-hybridized carbons (Fsp3) is 0.176. The van der Waals surface area contributed by atoms with Crippen LogP contribution >= 0.6 is 11.6 Å². The van der Waals surface area contributed by atoms with Crippen molar-refractivity contribution in [2.75, 3.05) is 13.2 Å². The van der Waals surface area contributed by atoms with E-state index in [0.717, 1.165) is 0 Å². The molecule has 0 saturated heterocycles. The standard InChI is InChI=1S/C17H15ClN2O5/c18-11-5-7-12(8-6-11)23-10-16(21)19-20-17(22)15-9-24-13-3-1-2-4-14(13)25-15/h1-8,15H,9-10H2,(H,19,21)(H,20,22)/t15-/m0/s1. The molecule has 0 unspecified atom stereocenters. The quantitative estimate of drug-likeness (QED) is 0.809. The summed E-state index contributed by atoms with van der Waals surface area (Å²) in [6, 6.07) is 13.6. The van der Waals surface area contributed by atoms with Crippen LogP contribution in [0.4, 0.5) is 0 Å². The molecule has 130 valence electrons. The summed E-state index contributed by atoms with van der Waals surface area (Å²) in [7, 11) is 0. The van der Waals surface area contributed by atoms with E-state index in [1.807, 2.05) is 6.07 Å². The van der Waals surface area contributed by atoms with Crippen molar-refractivity contribution in [1.29, 1.82) is 0 Å². The van der Waals surface area contributed by atoms with E-state index in [1.54, 1.807) is 42.5 Å². The predicted molar refractivity (Wildman–Crippen MR) is 89.6 cm³/mol. The van der Waals surface area contributed by atoms with E-state index in [9.17, 15) is 9.59 Å². The van der Waals surface area contributed by atoms with E-state index in [4.69, 9.17) is 25.8 Å². The second-order valence-corrected chi connectivity index (χ2v) is 5.58. The zero-order chi connectivity index (χ0) is 17.6. The molecule has 3 rings (SSSR count). The van der Waals surface area contributed by atoms with E-state index in [0.29, 0.717) is 22.3 Å². The zero-order valence-corrected chi connectivity index (χ0v) is 13.8. The zero-order valence-electron chi connectivity index (χ0n) is 13.0. The van der Waals surface area contributed by atoms with Crippen molar-refractivity contribution in [3.63, 3.8) is 0 Å². The second-order valence-electron chi connectivity index (χ2n) is 5.14. The third-order valence-electron chi connectivity index (χ3n) is 3.31. The van der Waals surface area contributed by atoms with Crippen molar-refractivity contribution in [2.24, 2.45) is 0 Å². The molecular formula is C17H15ClN2O5. The molecule has 25 heavy (non-hydrogen) atoms. The van der Waals surface area contributed by atoms with E-state index in [2.05, 4.69) is 10.9 Å². The molecule has 0 aliphatic carbocycles. The average Bonchev–Trinajstić information content (AvgIpc) is 2.65. The molecule has 2 N–H and O–H groups in total. The van der Waals surface area contributed by atoms with Crippen LogP contribution in [0, 0.1) is 0 Å². The molecule has 0 bridgehead atoms. The minimum atomic E-state index is -0.854. The molecular weight excluding hydrogens is 348 g/mol. The van der Waals surface area contributed by atoms with Gasteiger partial charge in [-0.05, 0) is 36.4 Å². The lowest BCUT2D eigenvalue weighted by Gasteiger charge is -2.25. The van der Waals surface area contributed by atoms with Gasteiger partial charge in [0.2, 0.25) is 6.10 Å². The van der Waals surface area contributed by atoms with Gasteiger partial charge < -0.3 is 14.2 Å². The van der Waals surface area contributed by atoms with Gasteiger partial charge >= 0.3 is 0 Å². The molecule has 1 atom stereocenters. The Kier molecular flexibility index (Phi) is 5.25. The first-order chi connectivity index (χ1) is 12.1. The fourth-order valence-electron chi connectivity index (χ4n) is 2.08. The molecule has 0 radical (unpaired) electrons. The molecule has 0 fully saturated rings. The summed E-state index contributed by atoms with van der Waals surface area (Å²) < 4.78 is 16.2. The number of rotatable bonds is 4. The maximum Gasteiger partial charge on any atom is 0.283 e. The average molecular weight is 363 g/mol. The molecule has 1 heterocycles. The minimum Gasteiger partial charge on any atom is -0.485 e. The Bertz CT molecular complexity index is 766. The Morgan fingerprint density at radius 3 is 2.56 bits per heavy atom. The third-order valence-corrected chi connectivity index (χ3v) is 3.56. The van der Waals surface area contributed by atoms with E-state index < -0.39 is 17.9 Å². The number of nitrogens with one attached hydrogen (secondary N) is 2. The van der Waals surface area contributed by atoms with Crippen molar-refractivity contribution >= 4 is 23.4 Å². The normalized spacial score (nSPS) is 15.2. The van der Waals surface area contributed by atoms with Crippen LogP contribution in [-0.2, 0) is 9.59 Å². The van der Waals surface area contributed by atoms with E-state index in [-0.39, 0.29) is 13.2 Å². The highest BCUT2D eigenvalue weighted by molar-refractivity contribution is 6.30. The number of benzene rings is 2. The SMILES string of the molecule is O=C(COc1ccc(Cl)cc1)NNC(=O)[C@@H]1COc2ccccc2O1. The van der Waals surface area contributed by atoms with Crippen LogP contribution in [-0.4, -0.2) is 31.1 Å². The summed E-state index contributed by atoms with van der Waals surface area (Å²) in [5.74, 6) is 0.513. The van der Waals surface area contributed by atoms with Gasteiger partial charge in [0.05, 0.1) is 0 Å². The lowest BCUT2D eigenvalue weighted by Crippen LogP contribution is -2.51. The molecule has 8 heteroatoms. The van der Waals surface area contributed by atoms with Crippen LogP contribution in [0.2, 0.25) is 5.02 Å². The summed E-state index contributed by atoms with van der Waals surface area (Å²) in [5, 5.41) is 0.570. The topological polar surface area (TPSA) is 85.9 Å². The Hall–Kier alpha value is -2.93. The summed E-state index contributed by atoms with van der Waals surface area (Å²) in [4.78, 5) is 23.8. The fourth-order valence-corrected chi connectivity index (χ4v) is 2.20. The first-order valence-corrected chi connectivity index (χ1v) is 7.85. The number of carbonyl (C=O) groups excluding carboxylic acids is 2. The number of carbonyl (C=O) groups is 2. The molecule has 0 saturated carbocycles. The number of hydrazine groups is 1. The Morgan fingerprint density at radius 2 is 1.80 bits per heavy atom. The lowest BCUT2D eigenvalue weighted by atomic mass is 10.2. The first kappa shape index (κ1) is 16.9. The Balaban J connectivity index is 1.43. The van der Waals surface area contributed by atoms with Gasteiger partial charge in [-0.25, -0.2) is 0 Å². The van der Waals surface area contributed by atoms with E-state index in [1.165, 1.54) is 0 Å². The van der Waals surface area contributed by atoms with Crippen LogP contribution in [0.15, 0.2) is 48.5 Å². The highest BCUT2D eigenvalue weighted by Gasteiger charge is 2.27. The van der Waals surface area contributed by atoms with Crippen molar-refractivity contribution in [3.05, 3.63) is 53.6 Å². The number of hydrogen-bond donors (Lipinski definition) is 2. The highest BCUT2D eigenvalue weighted by Crippen LogP contribution is 2.30. The monoisotopic (exact) mass is 362 g/mol. The molecule has 2 aromatic carbocycles. The summed E-state index contributed by atoms with van der Waals surface area (Å²) in [6.45, 7) is -0.202. The number of hydrogen-bond acceptors (Lipinski definition) is 5. The Morgan fingerprint density at radius 1 is 1.08 bits per heavy atom. The number of fused-ring (bicyclic) bond motifs is 1. The molecule has 2 amide bonds. The first-order valence-electron chi connectivity index (χ1n) is 7.47. The predicted octanol–water partition coefficient (Wildman–Crippen LogP) is 1.71. The molecule has 7 nitrogen and oxygen atoms in total. The number of ether oxygens (including phenoxy) is 3. The van der Waals surface area contributed by atoms with Crippen LogP contribution in [0.25, 0.3) is 0 Å². The van der Waals surface area contributed by atoms with Crippen molar-refractivity contribution < 1.29 is 23.8 Å². The van der Waals surface area contributed by atoms with Gasteiger partial charge in [0, 0.05) is 5.02 Å². The van der Waals surface area contributed by atoms with Gasteiger partial charge in [0.1, 0.15) is 12.4 Å². The van der Waals surface area contributed by atoms with Crippen molar-refractivity contribution in [2.45, 2.75) is 6.10 Å². The van der Waals surface area contributed by atoms with Crippen LogP contribution in [0.3, 0.4) is 0 Å². The van der Waals surface area contributed by atoms with Crippen LogP contribution in [0.5, 0.6) is 17.2 Å². The van der Waals surface area contributed by atoms with Gasteiger partial charge in [-0.2, -0.15) is 0 Å². The number of amides is 2. The smallest absolute Gasteiger partial charge is 0.283 e. The summed E-state index contributed by atoms with van der Waals surface area (Å²) in [6.07, 6.45) is -0.854. The maximum atomic E-state index is 12.0. The van der Waals surface area contributed by atoms with Crippen molar-refractivity contribution in [3.8, 4) is 17.2 Å². The minimum absolute atomic E-state index is 0.0555. The van der Waals surface area contributed by atoms with Crippen LogP contribution < -0.4 is 25.1 Å². The van der Waals surface area contributed by atoms with Gasteiger partial charge in [-0.1, -0.05) is 23.7 Å². The largest absolute Gasteiger partial charge is 0.485 e. The van der Waals surface area contributed by atoms with Gasteiger partial charge in [-0.15, -0.1) is 0 Å². The maximum absolute atomic E-state index is 12.0. The van der Waals surface area contributed by atoms with Crippen LogP contribution in [0.1, 0.15) is 0 Å². The number of halogens is 1. The lowest BCUT2D eigenvalue weighted by molar-refractivity contribution is -0.135. The summed E-state index contributed by atoms with van der Waals surface area (Å²) in [5.41, 5.74) is 4.54. The van der Waals surface area contributed by atoms with Gasteiger partial charge in [-0.3, -0.25) is 20.4 Å². The second kappa shape index (κ2) is 7.76. The third kappa shape index (κ3) is 4.54. The molecule has 1 aliphatic rings. The molecule has 0 spiro atoms. The van der Waals surface area contributed by atoms with E-state index >= 15 is 0 Å². The van der Waals surface area contributed by atoms with Crippen molar-refractivity contribution in [1.82, 2.24) is 10.9 Å². The molecule has 1 aliphatic heterocycles. The molecule has 0 aromatic heterocycles. The summed E-state index contributed by atoms with van der Waals surface area (Å²) >= 11 is 5.76. The highest BCUT2D eigenvalue weighted by atomic mass is 35.5.